The highest BCUT2D eigenvalue weighted by molar-refractivity contribution is 5.94. The third-order valence-electron chi connectivity index (χ3n) is 4.74. The topological polar surface area (TPSA) is 65.4 Å². The van der Waals surface area contributed by atoms with E-state index in [1.807, 2.05) is 24.3 Å². The van der Waals surface area contributed by atoms with Crippen molar-refractivity contribution in [3.63, 3.8) is 0 Å². The van der Waals surface area contributed by atoms with Gasteiger partial charge < -0.3 is 14.8 Å². The number of rotatable bonds is 5. The number of benzene rings is 1. The summed E-state index contributed by atoms with van der Waals surface area (Å²) in [7, 11) is 5.01. The molecule has 0 radical (unpaired) electrons. The van der Waals surface area contributed by atoms with Crippen molar-refractivity contribution in [1.82, 2.24) is 15.1 Å². The van der Waals surface area contributed by atoms with E-state index < -0.39 is 0 Å². The average molecular weight is 343 g/mol. The van der Waals surface area contributed by atoms with Crippen LogP contribution in [0.4, 0.5) is 0 Å². The summed E-state index contributed by atoms with van der Waals surface area (Å²) in [5, 5.41) is 7.63. The van der Waals surface area contributed by atoms with Crippen LogP contribution in [0, 0.1) is 0 Å². The number of carbonyl (C=O) groups is 1. The monoisotopic (exact) mass is 343 g/mol. The molecule has 0 atom stereocenters. The fraction of sp³-hybridized carbons (Fsp3) is 0.474. The van der Waals surface area contributed by atoms with E-state index in [0.29, 0.717) is 22.9 Å². The van der Waals surface area contributed by atoms with Crippen LogP contribution in [-0.4, -0.2) is 35.9 Å². The minimum atomic E-state index is -0.0689. The minimum Gasteiger partial charge on any atom is -0.497 e. The number of aryl methyl sites for hydroxylation is 1. The summed E-state index contributed by atoms with van der Waals surface area (Å²) in [6, 6.07) is 7.64. The van der Waals surface area contributed by atoms with Gasteiger partial charge in [0.05, 0.1) is 19.9 Å². The van der Waals surface area contributed by atoms with Gasteiger partial charge >= 0.3 is 0 Å². The molecule has 0 bridgehead atoms. The molecule has 1 aromatic carbocycles. The number of hydrogen-bond acceptors (Lipinski definition) is 4. The van der Waals surface area contributed by atoms with Crippen LogP contribution in [0.25, 0.3) is 11.3 Å². The summed E-state index contributed by atoms with van der Waals surface area (Å²) in [6.07, 6.45) is 5.75. The fourth-order valence-corrected chi connectivity index (χ4v) is 3.33. The second kappa shape index (κ2) is 7.59. The van der Waals surface area contributed by atoms with Crippen LogP contribution in [-0.2, 0) is 7.05 Å². The van der Waals surface area contributed by atoms with Crippen LogP contribution >= 0.6 is 0 Å². The lowest BCUT2D eigenvalue weighted by Crippen LogP contribution is -2.37. The fourth-order valence-electron chi connectivity index (χ4n) is 3.33. The molecule has 1 aliphatic carbocycles. The van der Waals surface area contributed by atoms with E-state index in [4.69, 9.17) is 9.47 Å². The van der Waals surface area contributed by atoms with E-state index in [1.165, 1.54) is 19.3 Å². The Morgan fingerprint density at radius 2 is 1.92 bits per heavy atom. The van der Waals surface area contributed by atoms with Crippen LogP contribution in [0.1, 0.15) is 42.6 Å². The van der Waals surface area contributed by atoms with Gasteiger partial charge in [-0.15, -0.1) is 0 Å². The van der Waals surface area contributed by atoms with Gasteiger partial charge in [-0.3, -0.25) is 9.48 Å². The Hall–Kier alpha value is -2.50. The third kappa shape index (κ3) is 3.78. The van der Waals surface area contributed by atoms with Crippen LogP contribution in [0.5, 0.6) is 11.5 Å². The molecule has 0 unspecified atom stereocenters. The summed E-state index contributed by atoms with van der Waals surface area (Å²) >= 11 is 0. The lowest BCUT2D eigenvalue weighted by atomic mass is 9.95. The van der Waals surface area contributed by atoms with Gasteiger partial charge in [0.2, 0.25) is 0 Å². The Kier molecular flexibility index (Phi) is 5.26. The Labute approximate surface area is 148 Å². The maximum atomic E-state index is 12.6. The van der Waals surface area contributed by atoms with Gasteiger partial charge in [0.15, 0.2) is 0 Å². The largest absolute Gasteiger partial charge is 0.497 e. The van der Waals surface area contributed by atoms with Crippen LogP contribution < -0.4 is 14.8 Å². The van der Waals surface area contributed by atoms with Crippen molar-refractivity contribution in [3.8, 4) is 22.8 Å². The minimum absolute atomic E-state index is 0.0689. The SMILES string of the molecule is COc1ccc(-c2cc(C(=O)NC3CCCCC3)n(C)n2)c(OC)c1. The molecule has 6 heteroatoms. The van der Waals surface area contributed by atoms with Gasteiger partial charge in [-0.05, 0) is 31.0 Å². The first-order valence-corrected chi connectivity index (χ1v) is 8.69. The summed E-state index contributed by atoms with van der Waals surface area (Å²) in [5.74, 6) is 1.31. The number of aromatic nitrogens is 2. The zero-order valence-electron chi connectivity index (χ0n) is 15.0. The van der Waals surface area contributed by atoms with Gasteiger partial charge in [0.1, 0.15) is 17.2 Å². The smallest absolute Gasteiger partial charge is 0.269 e. The number of methoxy groups -OCH3 is 2. The van der Waals surface area contributed by atoms with E-state index in [9.17, 15) is 4.79 Å². The van der Waals surface area contributed by atoms with Crippen molar-refractivity contribution in [1.29, 1.82) is 0 Å². The Morgan fingerprint density at radius 3 is 2.60 bits per heavy atom. The molecular weight excluding hydrogens is 318 g/mol. The van der Waals surface area contributed by atoms with E-state index in [0.717, 1.165) is 18.4 Å². The lowest BCUT2D eigenvalue weighted by Gasteiger charge is -2.22. The highest BCUT2D eigenvalue weighted by Gasteiger charge is 2.21. The first kappa shape index (κ1) is 17.3. The molecular formula is C19H25N3O3. The predicted octanol–water partition coefficient (Wildman–Crippen LogP) is 3.17. The number of hydrogen-bond donors (Lipinski definition) is 1. The average Bonchev–Trinajstić information content (AvgIpc) is 3.03. The highest BCUT2D eigenvalue weighted by Crippen LogP contribution is 2.32. The number of amides is 1. The Bertz CT molecular complexity index is 748. The highest BCUT2D eigenvalue weighted by atomic mass is 16.5. The van der Waals surface area contributed by atoms with E-state index >= 15 is 0 Å². The van der Waals surface area contributed by atoms with E-state index in [-0.39, 0.29) is 11.9 Å². The number of nitrogens with zero attached hydrogens (tertiary/aromatic N) is 2. The molecule has 0 aliphatic heterocycles. The molecule has 25 heavy (non-hydrogen) atoms. The van der Waals surface area contributed by atoms with Crippen molar-refractivity contribution in [2.75, 3.05) is 14.2 Å². The van der Waals surface area contributed by atoms with Crippen LogP contribution in [0.15, 0.2) is 24.3 Å². The number of carbonyl (C=O) groups excluding carboxylic acids is 1. The maximum Gasteiger partial charge on any atom is 0.269 e. The molecule has 1 N–H and O–H groups in total. The number of ether oxygens (including phenoxy) is 2. The summed E-state index contributed by atoms with van der Waals surface area (Å²) < 4.78 is 12.3. The molecule has 1 saturated carbocycles. The van der Waals surface area contributed by atoms with Gasteiger partial charge in [0.25, 0.3) is 5.91 Å². The standard InChI is InChI=1S/C19H25N3O3/c1-22-17(19(23)20-13-7-5-4-6-8-13)12-16(21-22)15-10-9-14(24-2)11-18(15)25-3/h9-13H,4-8H2,1-3H3,(H,20,23). The zero-order valence-corrected chi connectivity index (χ0v) is 15.0. The van der Waals surface area contributed by atoms with Crippen molar-refractivity contribution >= 4 is 5.91 Å². The molecule has 0 spiro atoms. The van der Waals surface area contributed by atoms with E-state index in [2.05, 4.69) is 10.4 Å². The molecule has 6 nitrogen and oxygen atoms in total. The molecule has 134 valence electrons. The van der Waals surface area contributed by atoms with Crippen molar-refractivity contribution in [2.45, 2.75) is 38.1 Å². The third-order valence-corrected chi connectivity index (χ3v) is 4.74. The summed E-state index contributed by atoms with van der Waals surface area (Å²) in [6.45, 7) is 0. The first-order chi connectivity index (χ1) is 12.1. The van der Waals surface area contributed by atoms with Crippen molar-refractivity contribution in [3.05, 3.63) is 30.0 Å². The Balaban J connectivity index is 1.83. The lowest BCUT2D eigenvalue weighted by molar-refractivity contribution is 0.0918. The first-order valence-electron chi connectivity index (χ1n) is 8.69. The van der Waals surface area contributed by atoms with Crippen molar-refractivity contribution < 1.29 is 14.3 Å². The van der Waals surface area contributed by atoms with Gasteiger partial charge in [-0.25, -0.2) is 0 Å². The second-order valence-corrected chi connectivity index (χ2v) is 6.41. The summed E-state index contributed by atoms with van der Waals surface area (Å²) in [4.78, 5) is 12.6. The molecule has 1 aliphatic rings. The molecule has 1 fully saturated rings. The van der Waals surface area contributed by atoms with Crippen LogP contribution in [0.3, 0.4) is 0 Å². The quantitative estimate of drug-likeness (QED) is 0.906. The molecule has 1 amide bonds. The predicted molar refractivity (Wildman–Crippen MR) is 96.1 cm³/mol. The molecule has 1 aromatic heterocycles. The second-order valence-electron chi connectivity index (χ2n) is 6.41. The van der Waals surface area contributed by atoms with Gasteiger partial charge in [-0.2, -0.15) is 5.10 Å². The molecule has 2 aromatic rings. The van der Waals surface area contributed by atoms with Crippen molar-refractivity contribution in [2.24, 2.45) is 7.05 Å². The molecule has 0 saturated heterocycles. The normalized spacial score (nSPS) is 15.0. The molecule has 1 heterocycles. The zero-order chi connectivity index (χ0) is 17.8. The summed E-state index contributed by atoms with van der Waals surface area (Å²) in [5.41, 5.74) is 2.09. The van der Waals surface area contributed by atoms with E-state index in [1.54, 1.807) is 25.9 Å². The Morgan fingerprint density at radius 1 is 1.16 bits per heavy atom. The molecule has 3 rings (SSSR count). The number of nitrogens with one attached hydrogen (secondary N) is 1. The van der Waals surface area contributed by atoms with Gasteiger partial charge in [0, 0.05) is 24.7 Å². The van der Waals surface area contributed by atoms with Crippen LogP contribution in [0.2, 0.25) is 0 Å². The maximum absolute atomic E-state index is 12.6. The van der Waals surface area contributed by atoms with Gasteiger partial charge in [-0.1, -0.05) is 19.3 Å².